The van der Waals surface area contributed by atoms with E-state index in [2.05, 4.69) is 15.6 Å². The fourth-order valence-corrected chi connectivity index (χ4v) is 2.93. The van der Waals surface area contributed by atoms with Gasteiger partial charge in [0.05, 0.1) is 24.7 Å². The summed E-state index contributed by atoms with van der Waals surface area (Å²) in [5.41, 5.74) is 11.8. The molecule has 1 aliphatic rings. The molecule has 0 spiro atoms. The van der Waals surface area contributed by atoms with Crippen molar-refractivity contribution < 1.29 is 29.0 Å². The number of nitrogens with two attached hydrogens (primary N) is 2. The maximum Gasteiger partial charge on any atom is 0.305 e. The number of carbonyl (C=O) groups excluding carboxylic acids is 2. The Labute approximate surface area is 177 Å². The number of rotatable bonds is 8. The number of amides is 2. The molecule has 0 fully saturated rings. The molecule has 3 rings (SSSR count). The van der Waals surface area contributed by atoms with Gasteiger partial charge >= 0.3 is 5.97 Å². The maximum absolute atomic E-state index is 12.4. The molecule has 0 aromatic heterocycles. The highest BCUT2D eigenvalue weighted by Crippen LogP contribution is 2.34. The zero-order valence-corrected chi connectivity index (χ0v) is 16.3. The molecule has 0 bridgehead atoms. The van der Waals surface area contributed by atoms with Gasteiger partial charge in [-0.3, -0.25) is 14.4 Å². The third kappa shape index (κ3) is 5.85. The van der Waals surface area contributed by atoms with Gasteiger partial charge in [0, 0.05) is 5.56 Å². The maximum atomic E-state index is 12.4. The van der Waals surface area contributed by atoms with Crippen molar-refractivity contribution >= 4 is 29.4 Å². The van der Waals surface area contributed by atoms with Crippen LogP contribution in [0.4, 0.5) is 5.69 Å². The van der Waals surface area contributed by atoms with Crippen LogP contribution in [0.5, 0.6) is 11.5 Å². The van der Waals surface area contributed by atoms with Crippen LogP contribution in [0.2, 0.25) is 0 Å². The predicted octanol–water partition coefficient (Wildman–Crippen LogP) is 0.382. The van der Waals surface area contributed by atoms with Crippen LogP contribution in [0.25, 0.3) is 0 Å². The Morgan fingerprint density at radius 3 is 2.61 bits per heavy atom. The molecule has 11 nitrogen and oxygen atoms in total. The number of benzene rings is 2. The summed E-state index contributed by atoms with van der Waals surface area (Å²) >= 11 is 0. The number of aliphatic carboxylic acids is 1. The number of hydrogen-bond donors (Lipinski definition) is 5. The lowest BCUT2D eigenvalue weighted by Crippen LogP contribution is -2.39. The number of carboxylic acid groups (broad SMARTS) is 1. The highest BCUT2D eigenvalue weighted by atomic mass is 16.7. The van der Waals surface area contributed by atoms with Crippen LogP contribution in [0.3, 0.4) is 0 Å². The van der Waals surface area contributed by atoms with Crippen molar-refractivity contribution in [1.29, 1.82) is 0 Å². The van der Waals surface area contributed by atoms with Crippen molar-refractivity contribution in [3.63, 3.8) is 0 Å². The van der Waals surface area contributed by atoms with E-state index in [0.717, 1.165) is 0 Å². The van der Waals surface area contributed by atoms with E-state index in [1.165, 1.54) is 6.07 Å². The molecule has 1 unspecified atom stereocenters. The number of hydrogen-bond acceptors (Lipinski definition) is 6. The van der Waals surface area contributed by atoms with Crippen molar-refractivity contribution in [2.45, 2.75) is 12.5 Å². The molecule has 0 radical (unpaired) electrons. The SMILES string of the molecule is NC(N)=Nc1cccc(C(=O)NCC(=O)NC(CC(=O)O)c2ccc3c(c2)OCO3)c1. The first kappa shape index (κ1) is 21.4. The van der Waals surface area contributed by atoms with Gasteiger partial charge in [-0.15, -0.1) is 0 Å². The van der Waals surface area contributed by atoms with Gasteiger partial charge < -0.3 is 36.7 Å². The minimum atomic E-state index is -1.09. The molecule has 11 heteroatoms. The molecule has 2 aromatic rings. The van der Waals surface area contributed by atoms with Gasteiger partial charge in [-0.25, -0.2) is 4.99 Å². The number of nitrogens with one attached hydrogen (secondary N) is 2. The summed E-state index contributed by atoms with van der Waals surface area (Å²) in [6.07, 6.45) is -0.347. The third-order valence-electron chi connectivity index (χ3n) is 4.29. The zero-order chi connectivity index (χ0) is 22.4. The lowest BCUT2D eigenvalue weighted by molar-refractivity contribution is -0.137. The molecule has 1 aliphatic heterocycles. The summed E-state index contributed by atoms with van der Waals surface area (Å²) in [7, 11) is 0. The molecule has 2 aromatic carbocycles. The Bertz CT molecular complexity index is 1030. The van der Waals surface area contributed by atoms with Crippen LogP contribution < -0.4 is 31.6 Å². The number of nitrogens with zero attached hydrogens (tertiary/aromatic N) is 1. The standard InChI is InChI=1S/C20H21N5O6/c21-20(22)24-13-3-1-2-12(6-13)19(29)23-9-17(26)25-14(8-18(27)28)11-4-5-15-16(7-11)31-10-30-15/h1-7,14H,8-10H2,(H,23,29)(H,25,26)(H,27,28)(H4,21,22,24). The van der Waals surface area contributed by atoms with Gasteiger partial charge in [0.2, 0.25) is 12.7 Å². The first-order chi connectivity index (χ1) is 14.8. The number of aliphatic imine (C=N–C) groups is 1. The summed E-state index contributed by atoms with van der Waals surface area (Å²) in [6, 6.07) is 10.3. The molecular weight excluding hydrogens is 406 g/mol. The van der Waals surface area contributed by atoms with Gasteiger partial charge in [0.25, 0.3) is 5.91 Å². The fraction of sp³-hybridized carbons (Fsp3) is 0.200. The van der Waals surface area contributed by atoms with Crippen LogP contribution in [0.1, 0.15) is 28.4 Å². The normalized spacial score (nSPS) is 12.5. The van der Waals surface area contributed by atoms with Crippen molar-refractivity contribution in [1.82, 2.24) is 10.6 Å². The Morgan fingerprint density at radius 2 is 1.87 bits per heavy atom. The average Bonchev–Trinajstić information content (AvgIpc) is 3.18. The summed E-state index contributed by atoms with van der Waals surface area (Å²) in [4.78, 5) is 39.8. The first-order valence-corrected chi connectivity index (χ1v) is 9.20. The number of fused-ring (bicyclic) bond motifs is 1. The second kappa shape index (κ2) is 9.48. The van der Waals surface area contributed by atoms with E-state index in [1.807, 2.05) is 0 Å². The Hall–Kier alpha value is -4.28. The highest BCUT2D eigenvalue weighted by molar-refractivity contribution is 5.97. The molecule has 2 amide bonds. The minimum absolute atomic E-state index is 0.0746. The Kier molecular flexibility index (Phi) is 6.55. The van der Waals surface area contributed by atoms with E-state index in [4.69, 9.17) is 20.9 Å². The molecule has 0 saturated carbocycles. The minimum Gasteiger partial charge on any atom is -0.481 e. The van der Waals surface area contributed by atoms with Crippen LogP contribution in [-0.2, 0) is 9.59 Å². The van der Waals surface area contributed by atoms with Crippen molar-refractivity contribution in [2.24, 2.45) is 16.5 Å². The number of ether oxygens (including phenoxy) is 2. The van der Waals surface area contributed by atoms with Crippen LogP contribution in [0.15, 0.2) is 47.5 Å². The lowest BCUT2D eigenvalue weighted by atomic mass is 10.0. The third-order valence-corrected chi connectivity index (χ3v) is 4.29. The van der Waals surface area contributed by atoms with E-state index in [9.17, 15) is 19.5 Å². The van der Waals surface area contributed by atoms with Gasteiger partial charge in [-0.05, 0) is 35.9 Å². The number of guanidine groups is 1. The molecule has 1 heterocycles. The monoisotopic (exact) mass is 427 g/mol. The van der Waals surface area contributed by atoms with Crippen LogP contribution in [0, 0.1) is 0 Å². The van der Waals surface area contributed by atoms with E-state index in [-0.39, 0.29) is 31.3 Å². The topological polar surface area (TPSA) is 178 Å². The smallest absolute Gasteiger partial charge is 0.305 e. The van der Waals surface area contributed by atoms with E-state index >= 15 is 0 Å². The fourth-order valence-electron chi connectivity index (χ4n) is 2.93. The van der Waals surface area contributed by atoms with Gasteiger partial charge in [0.15, 0.2) is 17.5 Å². The second-order valence-electron chi connectivity index (χ2n) is 6.60. The second-order valence-corrected chi connectivity index (χ2v) is 6.60. The highest BCUT2D eigenvalue weighted by Gasteiger charge is 2.22. The predicted molar refractivity (Wildman–Crippen MR) is 110 cm³/mol. The number of carboxylic acids is 1. The van der Waals surface area contributed by atoms with Gasteiger partial charge in [-0.1, -0.05) is 12.1 Å². The molecule has 1 atom stereocenters. The van der Waals surface area contributed by atoms with Gasteiger partial charge in [-0.2, -0.15) is 0 Å². The number of carbonyl (C=O) groups is 3. The molecule has 7 N–H and O–H groups in total. The summed E-state index contributed by atoms with van der Waals surface area (Å²) in [5.74, 6) is -1.30. The molecular formula is C20H21N5O6. The van der Waals surface area contributed by atoms with E-state index in [1.54, 1.807) is 36.4 Å². The molecule has 0 aliphatic carbocycles. The Morgan fingerprint density at radius 1 is 1.10 bits per heavy atom. The zero-order valence-electron chi connectivity index (χ0n) is 16.3. The van der Waals surface area contributed by atoms with E-state index in [0.29, 0.717) is 22.7 Å². The molecule has 162 valence electrons. The summed E-state index contributed by atoms with van der Waals surface area (Å²) in [5, 5.41) is 14.3. The largest absolute Gasteiger partial charge is 0.481 e. The van der Waals surface area contributed by atoms with Gasteiger partial charge in [0.1, 0.15) is 0 Å². The van der Waals surface area contributed by atoms with Crippen LogP contribution >= 0.6 is 0 Å². The van der Waals surface area contributed by atoms with Crippen molar-refractivity contribution in [2.75, 3.05) is 13.3 Å². The quantitative estimate of drug-likeness (QED) is 0.296. The molecule has 0 saturated heterocycles. The molecule has 31 heavy (non-hydrogen) atoms. The summed E-state index contributed by atoms with van der Waals surface area (Å²) < 4.78 is 10.5. The lowest BCUT2D eigenvalue weighted by Gasteiger charge is -2.18. The average molecular weight is 427 g/mol. The first-order valence-electron chi connectivity index (χ1n) is 9.20. The Balaban J connectivity index is 1.63. The van der Waals surface area contributed by atoms with Crippen LogP contribution in [-0.4, -0.2) is 42.2 Å². The summed E-state index contributed by atoms with van der Waals surface area (Å²) in [6.45, 7) is -0.281. The van der Waals surface area contributed by atoms with Crippen molar-refractivity contribution in [3.05, 3.63) is 53.6 Å². The van der Waals surface area contributed by atoms with E-state index < -0.39 is 23.8 Å². The van der Waals surface area contributed by atoms with Crippen molar-refractivity contribution in [3.8, 4) is 11.5 Å².